The van der Waals surface area contributed by atoms with E-state index in [2.05, 4.69) is 32.6 Å². The van der Waals surface area contributed by atoms with Gasteiger partial charge in [0, 0.05) is 11.0 Å². The summed E-state index contributed by atoms with van der Waals surface area (Å²) < 4.78 is 0. The summed E-state index contributed by atoms with van der Waals surface area (Å²) in [6.07, 6.45) is 1.09. The molecule has 0 bridgehead atoms. The van der Waals surface area contributed by atoms with Crippen LogP contribution in [0.5, 0.6) is 0 Å². The van der Waals surface area contributed by atoms with Crippen molar-refractivity contribution in [3.63, 3.8) is 0 Å². The van der Waals surface area contributed by atoms with E-state index in [4.69, 9.17) is 0 Å². The Bertz CT molecular complexity index is 309. The van der Waals surface area contributed by atoms with E-state index < -0.39 is 0 Å². The summed E-state index contributed by atoms with van der Waals surface area (Å²) in [7, 11) is 0. The molecule has 0 aromatic heterocycles. The van der Waals surface area contributed by atoms with E-state index in [0.29, 0.717) is 0 Å². The molecular formula is C13H16. The Morgan fingerprint density at radius 2 is 1.77 bits per heavy atom. The predicted molar refractivity (Wildman–Crippen MR) is 57.4 cm³/mol. The fourth-order valence-electron chi connectivity index (χ4n) is 0.851. The van der Waals surface area contributed by atoms with Gasteiger partial charge in [-0.25, -0.2) is 0 Å². The normalized spacial score (nSPS) is 10.4. The first-order valence-electron chi connectivity index (χ1n) is 4.72. The molecule has 0 saturated heterocycles. The quantitative estimate of drug-likeness (QED) is 0.569. The molecule has 0 saturated carbocycles. The van der Waals surface area contributed by atoms with Crippen LogP contribution in [0.15, 0.2) is 30.3 Å². The minimum Gasteiger partial charge on any atom is -0.0917 e. The zero-order valence-electron chi connectivity index (χ0n) is 8.59. The molecule has 0 N–H and O–H groups in total. The van der Waals surface area contributed by atoms with Gasteiger partial charge in [-0.15, -0.1) is 0 Å². The van der Waals surface area contributed by atoms with Gasteiger partial charge < -0.3 is 0 Å². The molecule has 0 amide bonds. The zero-order valence-corrected chi connectivity index (χ0v) is 8.59. The van der Waals surface area contributed by atoms with Crippen LogP contribution < -0.4 is 0 Å². The van der Waals surface area contributed by atoms with E-state index >= 15 is 0 Å². The molecule has 1 rings (SSSR count). The topological polar surface area (TPSA) is 0 Å². The Hall–Kier alpha value is -1.22. The minimum absolute atomic E-state index is 0.135. The van der Waals surface area contributed by atoms with E-state index in [-0.39, 0.29) is 5.41 Å². The van der Waals surface area contributed by atoms with Crippen molar-refractivity contribution in [2.24, 2.45) is 5.41 Å². The standard InChI is InChI=1S/C13H16/c1-4-13(2,3)11-10-12-8-6-5-7-9-12/h5-9H,4H2,1-3H3. The molecule has 0 aliphatic rings. The third-order valence-electron chi connectivity index (χ3n) is 2.20. The van der Waals surface area contributed by atoms with Gasteiger partial charge in [0.2, 0.25) is 0 Å². The lowest BCUT2D eigenvalue weighted by Gasteiger charge is -2.12. The molecule has 0 unspecified atom stereocenters. The maximum Gasteiger partial charge on any atom is 0.0259 e. The highest BCUT2D eigenvalue weighted by molar-refractivity contribution is 5.34. The molecule has 0 fully saturated rings. The van der Waals surface area contributed by atoms with E-state index in [9.17, 15) is 0 Å². The van der Waals surface area contributed by atoms with Crippen LogP contribution in [-0.4, -0.2) is 0 Å². The van der Waals surface area contributed by atoms with Gasteiger partial charge in [0.25, 0.3) is 0 Å². The van der Waals surface area contributed by atoms with Crippen molar-refractivity contribution in [2.45, 2.75) is 27.2 Å². The molecule has 0 heterocycles. The second-order valence-electron chi connectivity index (χ2n) is 3.85. The summed E-state index contributed by atoms with van der Waals surface area (Å²) in [5.74, 6) is 6.46. The molecule has 0 atom stereocenters. The molecular weight excluding hydrogens is 156 g/mol. The second kappa shape index (κ2) is 4.14. The average Bonchev–Trinajstić information content (AvgIpc) is 2.17. The van der Waals surface area contributed by atoms with Crippen LogP contribution in [0, 0.1) is 17.3 Å². The summed E-state index contributed by atoms with van der Waals surface area (Å²) in [4.78, 5) is 0. The molecule has 0 aliphatic carbocycles. The summed E-state index contributed by atoms with van der Waals surface area (Å²) in [5, 5.41) is 0. The van der Waals surface area contributed by atoms with E-state index in [0.717, 1.165) is 12.0 Å². The number of rotatable bonds is 1. The molecule has 13 heavy (non-hydrogen) atoms. The number of hydrogen-bond donors (Lipinski definition) is 0. The molecule has 0 nitrogen and oxygen atoms in total. The first-order chi connectivity index (χ1) is 6.14. The number of benzene rings is 1. The Balaban J connectivity index is 2.79. The van der Waals surface area contributed by atoms with Crippen molar-refractivity contribution in [1.82, 2.24) is 0 Å². The lowest BCUT2D eigenvalue weighted by Crippen LogP contribution is -2.04. The monoisotopic (exact) mass is 172 g/mol. The van der Waals surface area contributed by atoms with Crippen molar-refractivity contribution in [3.8, 4) is 11.8 Å². The molecule has 0 aliphatic heterocycles. The van der Waals surface area contributed by atoms with Crippen molar-refractivity contribution < 1.29 is 0 Å². The third kappa shape index (κ3) is 3.34. The fourth-order valence-corrected chi connectivity index (χ4v) is 0.851. The van der Waals surface area contributed by atoms with Crippen molar-refractivity contribution in [2.75, 3.05) is 0 Å². The van der Waals surface area contributed by atoms with E-state index in [1.54, 1.807) is 0 Å². The van der Waals surface area contributed by atoms with Crippen LogP contribution in [0.3, 0.4) is 0 Å². The van der Waals surface area contributed by atoms with Gasteiger partial charge >= 0.3 is 0 Å². The highest BCUT2D eigenvalue weighted by atomic mass is 14.1. The van der Waals surface area contributed by atoms with Crippen molar-refractivity contribution in [3.05, 3.63) is 35.9 Å². The lowest BCUT2D eigenvalue weighted by atomic mass is 9.91. The van der Waals surface area contributed by atoms with Gasteiger partial charge in [-0.2, -0.15) is 0 Å². The molecule has 1 aromatic rings. The highest BCUT2D eigenvalue weighted by Gasteiger charge is 2.09. The average molecular weight is 172 g/mol. The molecule has 1 aromatic carbocycles. The highest BCUT2D eigenvalue weighted by Crippen LogP contribution is 2.17. The summed E-state index contributed by atoms with van der Waals surface area (Å²) in [6, 6.07) is 10.1. The van der Waals surface area contributed by atoms with E-state index in [1.807, 2.05) is 30.3 Å². The van der Waals surface area contributed by atoms with Crippen molar-refractivity contribution in [1.29, 1.82) is 0 Å². The Kier molecular flexibility index (Phi) is 3.14. The van der Waals surface area contributed by atoms with Crippen molar-refractivity contribution >= 4 is 0 Å². The summed E-state index contributed by atoms with van der Waals surface area (Å²) in [5.41, 5.74) is 1.24. The largest absolute Gasteiger partial charge is 0.0917 e. The maximum absolute atomic E-state index is 3.27. The second-order valence-corrected chi connectivity index (χ2v) is 3.85. The van der Waals surface area contributed by atoms with Gasteiger partial charge in [-0.05, 0) is 32.4 Å². The van der Waals surface area contributed by atoms with Crippen LogP contribution in [0.1, 0.15) is 32.8 Å². The van der Waals surface area contributed by atoms with Gasteiger partial charge in [-0.1, -0.05) is 37.0 Å². The first kappa shape index (κ1) is 9.86. The van der Waals surface area contributed by atoms with Gasteiger partial charge in [-0.3, -0.25) is 0 Å². The zero-order chi connectivity index (χ0) is 9.73. The summed E-state index contributed by atoms with van der Waals surface area (Å²) >= 11 is 0. The van der Waals surface area contributed by atoms with Gasteiger partial charge in [0.1, 0.15) is 0 Å². The minimum atomic E-state index is 0.135. The first-order valence-corrected chi connectivity index (χ1v) is 4.72. The maximum atomic E-state index is 3.27. The van der Waals surface area contributed by atoms with Crippen LogP contribution in [0.4, 0.5) is 0 Å². The summed E-state index contributed by atoms with van der Waals surface area (Å²) in [6.45, 7) is 6.51. The Morgan fingerprint density at radius 3 is 2.31 bits per heavy atom. The van der Waals surface area contributed by atoms with Gasteiger partial charge in [0.05, 0.1) is 0 Å². The number of hydrogen-bond acceptors (Lipinski definition) is 0. The molecule has 0 spiro atoms. The van der Waals surface area contributed by atoms with Gasteiger partial charge in [0.15, 0.2) is 0 Å². The molecule has 0 heteroatoms. The SMILES string of the molecule is CCC(C)(C)C#Cc1ccccc1. The van der Waals surface area contributed by atoms with Crippen LogP contribution in [0.2, 0.25) is 0 Å². The Labute approximate surface area is 81.0 Å². The van der Waals surface area contributed by atoms with E-state index in [1.165, 1.54) is 0 Å². The molecule has 0 radical (unpaired) electrons. The van der Waals surface area contributed by atoms with Crippen LogP contribution in [0.25, 0.3) is 0 Å². The fraction of sp³-hybridized carbons (Fsp3) is 0.385. The lowest BCUT2D eigenvalue weighted by molar-refractivity contribution is 0.484. The molecule has 68 valence electrons. The predicted octanol–water partition coefficient (Wildman–Crippen LogP) is 3.47. The van der Waals surface area contributed by atoms with Crippen LogP contribution in [-0.2, 0) is 0 Å². The van der Waals surface area contributed by atoms with Crippen LogP contribution >= 0.6 is 0 Å². The Morgan fingerprint density at radius 1 is 1.15 bits per heavy atom. The third-order valence-corrected chi connectivity index (χ3v) is 2.20. The smallest absolute Gasteiger partial charge is 0.0259 e.